The zero-order valence-electron chi connectivity index (χ0n) is 11.4. The van der Waals surface area contributed by atoms with Gasteiger partial charge in [0.05, 0.1) is 17.9 Å². The molecule has 0 fully saturated rings. The second-order valence-electron chi connectivity index (χ2n) is 4.66. The molecule has 2 rings (SSSR count). The van der Waals surface area contributed by atoms with Gasteiger partial charge in [0.25, 0.3) is 0 Å². The summed E-state index contributed by atoms with van der Waals surface area (Å²) in [5, 5.41) is 7.87. The fourth-order valence-corrected chi connectivity index (χ4v) is 2.20. The summed E-state index contributed by atoms with van der Waals surface area (Å²) < 4.78 is 1.94. The van der Waals surface area contributed by atoms with Crippen LogP contribution in [-0.2, 0) is 20.0 Å². The lowest BCUT2D eigenvalue weighted by Gasteiger charge is -2.11. The van der Waals surface area contributed by atoms with Gasteiger partial charge in [-0.25, -0.2) is 0 Å². The lowest BCUT2D eigenvalue weighted by Crippen LogP contribution is -2.06. The van der Waals surface area contributed by atoms with Gasteiger partial charge in [-0.15, -0.1) is 0 Å². The molecule has 1 aromatic heterocycles. The van der Waals surface area contributed by atoms with Gasteiger partial charge in [0.1, 0.15) is 0 Å². The molecule has 1 heterocycles. The first-order valence-corrected chi connectivity index (χ1v) is 6.52. The Morgan fingerprint density at radius 2 is 2.06 bits per heavy atom. The smallest absolute Gasteiger partial charge is 0.0597 e. The molecule has 0 spiro atoms. The van der Waals surface area contributed by atoms with Crippen LogP contribution in [0.1, 0.15) is 30.3 Å². The molecule has 0 atom stereocenters. The van der Waals surface area contributed by atoms with Crippen molar-refractivity contribution in [2.75, 3.05) is 5.32 Å². The molecule has 3 nitrogen and oxygen atoms in total. The van der Waals surface area contributed by atoms with Crippen LogP contribution in [0.2, 0.25) is 0 Å². The summed E-state index contributed by atoms with van der Waals surface area (Å²) in [6, 6.07) is 10.6. The molecule has 2 aromatic rings. The second-order valence-corrected chi connectivity index (χ2v) is 4.66. The van der Waals surface area contributed by atoms with Gasteiger partial charge < -0.3 is 5.32 Å². The maximum Gasteiger partial charge on any atom is 0.0597 e. The highest BCUT2D eigenvalue weighted by molar-refractivity contribution is 5.51. The minimum atomic E-state index is 0.818. The van der Waals surface area contributed by atoms with Crippen LogP contribution in [0.3, 0.4) is 0 Å². The van der Waals surface area contributed by atoms with E-state index in [1.54, 1.807) is 0 Å². The molecule has 0 aliphatic rings. The minimum Gasteiger partial charge on any atom is -0.379 e. The van der Waals surface area contributed by atoms with E-state index < -0.39 is 0 Å². The Hall–Kier alpha value is -1.77. The van der Waals surface area contributed by atoms with Gasteiger partial charge in [0.2, 0.25) is 0 Å². The van der Waals surface area contributed by atoms with Gasteiger partial charge in [-0.2, -0.15) is 5.10 Å². The highest BCUT2D eigenvalue weighted by Gasteiger charge is 2.04. The van der Waals surface area contributed by atoms with Crippen LogP contribution in [0.15, 0.2) is 30.3 Å². The summed E-state index contributed by atoms with van der Waals surface area (Å²) in [7, 11) is 1.99. The average molecular weight is 243 g/mol. The molecule has 0 saturated heterocycles. The lowest BCUT2D eigenvalue weighted by molar-refractivity contribution is 0.713. The molecule has 0 radical (unpaired) electrons. The molecule has 0 saturated carbocycles. The summed E-state index contributed by atoms with van der Waals surface area (Å²) in [5.41, 5.74) is 4.90. The van der Waals surface area contributed by atoms with Crippen LogP contribution in [0.25, 0.3) is 0 Å². The predicted octanol–water partition coefficient (Wildman–Crippen LogP) is 3.29. The first kappa shape index (κ1) is 12.7. The van der Waals surface area contributed by atoms with E-state index in [1.165, 1.54) is 23.4 Å². The van der Waals surface area contributed by atoms with Crippen molar-refractivity contribution < 1.29 is 0 Å². The normalized spacial score (nSPS) is 10.6. The van der Waals surface area contributed by atoms with Gasteiger partial charge in [0, 0.05) is 12.7 Å². The maximum atomic E-state index is 4.36. The molecule has 3 heteroatoms. The third kappa shape index (κ3) is 2.92. The van der Waals surface area contributed by atoms with E-state index in [9.17, 15) is 0 Å². The van der Waals surface area contributed by atoms with E-state index in [-0.39, 0.29) is 0 Å². The standard InChI is InChI=1S/C15H21N3/c1-4-7-13-8-5-6-9-15(13)16-11-14-10-12(2)17-18(14)3/h5-6,8-10,16H,4,7,11H2,1-3H3. The number of benzene rings is 1. The second kappa shape index (κ2) is 5.71. The number of nitrogens with one attached hydrogen (secondary N) is 1. The molecule has 96 valence electrons. The van der Waals surface area contributed by atoms with Crippen LogP contribution < -0.4 is 5.32 Å². The molecule has 0 aliphatic heterocycles. The van der Waals surface area contributed by atoms with E-state index in [0.29, 0.717) is 0 Å². The number of hydrogen-bond acceptors (Lipinski definition) is 2. The van der Waals surface area contributed by atoms with Gasteiger partial charge >= 0.3 is 0 Å². The monoisotopic (exact) mass is 243 g/mol. The number of anilines is 1. The highest BCUT2D eigenvalue weighted by atomic mass is 15.3. The average Bonchev–Trinajstić information content (AvgIpc) is 2.67. The van der Waals surface area contributed by atoms with Crippen LogP contribution in [-0.4, -0.2) is 9.78 Å². The summed E-state index contributed by atoms with van der Waals surface area (Å²) >= 11 is 0. The van der Waals surface area contributed by atoms with E-state index in [0.717, 1.165) is 18.7 Å². The number of nitrogens with zero attached hydrogens (tertiary/aromatic N) is 2. The zero-order valence-corrected chi connectivity index (χ0v) is 11.4. The molecule has 1 aromatic carbocycles. The summed E-state index contributed by atoms with van der Waals surface area (Å²) in [5.74, 6) is 0. The fourth-order valence-electron chi connectivity index (χ4n) is 2.20. The number of aromatic nitrogens is 2. The van der Waals surface area contributed by atoms with Gasteiger partial charge in [-0.05, 0) is 31.0 Å². The highest BCUT2D eigenvalue weighted by Crippen LogP contribution is 2.17. The van der Waals surface area contributed by atoms with Gasteiger partial charge in [-0.3, -0.25) is 4.68 Å². The summed E-state index contributed by atoms with van der Waals surface area (Å²) in [4.78, 5) is 0. The van der Waals surface area contributed by atoms with Crippen molar-refractivity contribution in [3.63, 3.8) is 0 Å². The van der Waals surface area contributed by atoms with Crippen molar-refractivity contribution in [2.45, 2.75) is 33.2 Å². The summed E-state index contributed by atoms with van der Waals surface area (Å²) in [6.45, 7) is 5.05. The van der Waals surface area contributed by atoms with Crippen molar-refractivity contribution in [3.8, 4) is 0 Å². The van der Waals surface area contributed by atoms with Crippen LogP contribution >= 0.6 is 0 Å². The number of para-hydroxylation sites is 1. The van der Waals surface area contributed by atoms with Crippen molar-refractivity contribution in [1.82, 2.24) is 9.78 Å². The minimum absolute atomic E-state index is 0.818. The Balaban J connectivity index is 2.08. The Morgan fingerprint density at radius 3 is 2.72 bits per heavy atom. The molecule has 18 heavy (non-hydrogen) atoms. The third-order valence-electron chi connectivity index (χ3n) is 3.10. The Bertz CT molecular complexity index is 514. The molecular weight excluding hydrogens is 222 g/mol. The first-order chi connectivity index (χ1) is 8.70. The number of rotatable bonds is 5. The number of aryl methyl sites for hydroxylation is 3. The van der Waals surface area contributed by atoms with E-state index in [4.69, 9.17) is 0 Å². The van der Waals surface area contributed by atoms with Crippen molar-refractivity contribution in [2.24, 2.45) is 7.05 Å². The molecule has 1 N–H and O–H groups in total. The van der Waals surface area contributed by atoms with Gasteiger partial charge in [-0.1, -0.05) is 31.5 Å². The van der Waals surface area contributed by atoms with Crippen molar-refractivity contribution in [3.05, 3.63) is 47.3 Å². The molecular formula is C15H21N3. The zero-order chi connectivity index (χ0) is 13.0. The Kier molecular flexibility index (Phi) is 4.03. The van der Waals surface area contributed by atoms with Crippen LogP contribution in [0, 0.1) is 6.92 Å². The van der Waals surface area contributed by atoms with E-state index in [2.05, 4.69) is 47.7 Å². The van der Waals surface area contributed by atoms with Crippen LogP contribution in [0.5, 0.6) is 0 Å². The molecule has 0 amide bonds. The van der Waals surface area contributed by atoms with Crippen molar-refractivity contribution in [1.29, 1.82) is 0 Å². The van der Waals surface area contributed by atoms with E-state index >= 15 is 0 Å². The molecule has 0 unspecified atom stereocenters. The summed E-state index contributed by atoms with van der Waals surface area (Å²) in [6.07, 6.45) is 2.29. The van der Waals surface area contributed by atoms with E-state index in [1.807, 2.05) is 18.7 Å². The Morgan fingerprint density at radius 1 is 1.28 bits per heavy atom. The SMILES string of the molecule is CCCc1ccccc1NCc1cc(C)nn1C. The van der Waals surface area contributed by atoms with Crippen LogP contribution in [0.4, 0.5) is 5.69 Å². The molecule has 0 aliphatic carbocycles. The first-order valence-electron chi connectivity index (χ1n) is 6.52. The predicted molar refractivity (Wildman–Crippen MR) is 75.7 cm³/mol. The third-order valence-corrected chi connectivity index (χ3v) is 3.10. The lowest BCUT2D eigenvalue weighted by atomic mass is 10.1. The topological polar surface area (TPSA) is 29.9 Å². The Labute approximate surface area is 109 Å². The largest absolute Gasteiger partial charge is 0.379 e. The van der Waals surface area contributed by atoms with Gasteiger partial charge in [0.15, 0.2) is 0 Å². The maximum absolute atomic E-state index is 4.36. The quantitative estimate of drug-likeness (QED) is 0.873. The number of hydrogen-bond donors (Lipinski definition) is 1. The fraction of sp³-hybridized carbons (Fsp3) is 0.400. The van der Waals surface area contributed by atoms with Crippen molar-refractivity contribution >= 4 is 5.69 Å². The molecule has 0 bridgehead atoms.